The molecule has 2 aromatic heterocycles. The molecule has 0 saturated carbocycles. The van der Waals surface area contributed by atoms with Crippen molar-refractivity contribution in [2.45, 2.75) is 0 Å². The standard InChI is InChI=1S/C14H13N3O2/c1-18-10-7-8-17-13(9-10)15-16-14(17)11-5-3-4-6-12(11)19-2/h3-9H,1-2H3. The molecule has 0 aliphatic heterocycles. The van der Waals surface area contributed by atoms with Crippen LogP contribution in [0.2, 0.25) is 0 Å². The normalized spacial score (nSPS) is 10.6. The van der Waals surface area contributed by atoms with Gasteiger partial charge in [-0.2, -0.15) is 0 Å². The van der Waals surface area contributed by atoms with Crippen molar-refractivity contribution < 1.29 is 9.47 Å². The summed E-state index contributed by atoms with van der Waals surface area (Å²) in [5.41, 5.74) is 1.64. The number of hydrogen-bond donors (Lipinski definition) is 0. The van der Waals surface area contributed by atoms with Crippen LogP contribution in [0.1, 0.15) is 0 Å². The molecule has 0 atom stereocenters. The van der Waals surface area contributed by atoms with E-state index in [4.69, 9.17) is 9.47 Å². The van der Waals surface area contributed by atoms with Gasteiger partial charge < -0.3 is 9.47 Å². The molecule has 0 unspecified atom stereocenters. The van der Waals surface area contributed by atoms with Crippen LogP contribution in [-0.2, 0) is 0 Å². The monoisotopic (exact) mass is 255 g/mol. The molecule has 5 nitrogen and oxygen atoms in total. The van der Waals surface area contributed by atoms with Crippen molar-refractivity contribution in [3.63, 3.8) is 0 Å². The fraction of sp³-hybridized carbons (Fsp3) is 0.143. The van der Waals surface area contributed by atoms with E-state index < -0.39 is 0 Å². The molecule has 0 N–H and O–H groups in total. The largest absolute Gasteiger partial charge is 0.497 e. The molecule has 2 heterocycles. The molecule has 0 bridgehead atoms. The third-order valence-corrected chi connectivity index (χ3v) is 2.96. The molecule has 0 saturated heterocycles. The van der Waals surface area contributed by atoms with E-state index in [0.29, 0.717) is 0 Å². The van der Waals surface area contributed by atoms with E-state index in [-0.39, 0.29) is 0 Å². The summed E-state index contributed by atoms with van der Waals surface area (Å²) in [5.74, 6) is 2.27. The van der Waals surface area contributed by atoms with E-state index in [1.54, 1.807) is 14.2 Å². The van der Waals surface area contributed by atoms with Crippen LogP contribution in [0.4, 0.5) is 0 Å². The summed E-state index contributed by atoms with van der Waals surface area (Å²) in [6.45, 7) is 0. The number of ether oxygens (including phenoxy) is 2. The highest BCUT2D eigenvalue weighted by Crippen LogP contribution is 2.28. The van der Waals surface area contributed by atoms with E-state index >= 15 is 0 Å². The van der Waals surface area contributed by atoms with Crippen LogP contribution in [0, 0.1) is 0 Å². The fourth-order valence-electron chi connectivity index (χ4n) is 2.01. The zero-order valence-corrected chi connectivity index (χ0v) is 10.7. The van der Waals surface area contributed by atoms with Gasteiger partial charge in [0, 0.05) is 12.3 Å². The third-order valence-electron chi connectivity index (χ3n) is 2.96. The number of pyridine rings is 1. The Morgan fingerprint density at radius 1 is 1.00 bits per heavy atom. The number of aromatic nitrogens is 3. The number of benzene rings is 1. The maximum absolute atomic E-state index is 5.36. The van der Waals surface area contributed by atoms with Crippen molar-refractivity contribution in [2.24, 2.45) is 0 Å². The summed E-state index contributed by atoms with van der Waals surface area (Å²) in [6, 6.07) is 11.4. The van der Waals surface area contributed by atoms with Gasteiger partial charge in [-0.3, -0.25) is 4.40 Å². The van der Waals surface area contributed by atoms with E-state index in [0.717, 1.165) is 28.5 Å². The molecule has 0 aliphatic rings. The second-order valence-corrected chi connectivity index (χ2v) is 4.02. The first kappa shape index (κ1) is 11.5. The van der Waals surface area contributed by atoms with Crippen LogP contribution in [0.25, 0.3) is 17.0 Å². The summed E-state index contributed by atoms with van der Waals surface area (Å²) in [7, 11) is 3.27. The predicted octanol–water partition coefficient (Wildman–Crippen LogP) is 2.41. The van der Waals surface area contributed by atoms with E-state index in [9.17, 15) is 0 Å². The summed E-state index contributed by atoms with van der Waals surface area (Å²) >= 11 is 0. The molecule has 0 amide bonds. The molecule has 3 aromatic rings. The molecule has 0 fully saturated rings. The Morgan fingerprint density at radius 2 is 1.84 bits per heavy atom. The number of nitrogens with zero attached hydrogens (tertiary/aromatic N) is 3. The molecule has 3 rings (SSSR count). The lowest BCUT2D eigenvalue weighted by molar-refractivity contribution is 0.414. The molecule has 96 valence electrons. The smallest absolute Gasteiger partial charge is 0.172 e. The first-order chi connectivity index (χ1) is 9.33. The van der Waals surface area contributed by atoms with Crippen molar-refractivity contribution in [2.75, 3.05) is 14.2 Å². The Hall–Kier alpha value is -2.56. The van der Waals surface area contributed by atoms with Crippen LogP contribution < -0.4 is 9.47 Å². The van der Waals surface area contributed by atoms with Gasteiger partial charge in [-0.25, -0.2) is 0 Å². The molecule has 0 spiro atoms. The molecule has 0 aliphatic carbocycles. The zero-order chi connectivity index (χ0) is 13.2. The lowest BCUT2D eigenvalue weighted by Gasteiger charge is -2.06. The second kappa shape index (κ2) is 4.61. The average molecular weight is 255 g/mol. The highest BCUT2D eigenvalue weighted by Gasteiger charge is 2.12. The minimum absolute atomic E-state index is 0.736. The highest BCUT2D eigenvalue weighted by atomic mass is 16.5. The molecular weight excluding hydrogens is 242 g/mol. The summed E-state index contributed by atoms with van der Waals surface area (Å²) < 4.78 is 12.4. The van der Waals surface area contributed by atoms with Gasteiger partial charge in [0.25, 0.3) is 0 Å². The molecule has 5 heteroatoms. The SMILES string of the molecule is COc1ccn2c(-c3ccccc3OC)nnc2c1. The number of fused-ring (bicyclic) bond motifs is 1. The van der Waals surface area contributed by atoms with Gasteiger partial charge in [0.2, 0.25) is 0 Å². The van der Waals surface area contributed by atoms with Crippen LogP contribution in [0.5, 0.6) is 11.5 Å². The minimum atomic E-state index is 0.736. The minimum Gasteiger partial charge on any atom is -0.497 e. The Labute approximate surface area is 110 Å². The van der Waals surface area contributed by atoms with E-state index in [1.165, 1.54) is 0 Å². The molecule has 1 aromatic carbocycles. The van der Waals surface area contributed by atoms with Crippen LogP contribution >= 0.6 is 0 Å². The Balaban J connectivity index is 2.20. The molecule has 0 radical (unpaired) electrons. The number of rotatable bonds is 3. The topological polar surface area (TPSA) is 48.7 Å². The van der Waals surface area contributed by atoms with Crippen molar-refractivity contribution in [3.8, 4) is 22.9 Å². The third kappa shape index (κ3) is 1.89. The predicted molar refractivity (Wildman–Crippen MR) is 71.5 cm³/mol. The van der Waals surface area contributed by atoms with Crippen LogP contribution in [0.3, 0.4) is 0 Å². The van der Waals surface area contributed by atoms with Crippen LogP contribution in [0.15, 0.2) is 42.6 Å². The first-order valence-corrected chi connectivity index (χ1v) is 5.85. The van der Waals surface area contributed by atoms with Gasteiger partial charge in [-0.05, 0) is 18.2 Å². The summed E-state index contributed by atoms with van der Waals surface area (Å²) in [4.78, 5) is 0. The second-order valence-electron chi connectivity index (χ2n) is 4.02. The van der Waals surface area contributed by atoms with Crippen molar-refractivity contribution in [1.82, 2.24) is 14.6 Å². The zero-order valence-electron chi connectivity index (χ0n) is 10.7. The average Bonchev–Trinajstić information content (AvgIpc) is 2.89. The highest BCUT2D eigenvalue weighted by molar-refractivity contribution is 5.67. The van der Waals surface area contributed by atoms with Crippen molar-refractivity contribution >= 4 is 5.65 Å². The number of hydrogen-bond acceptors (Lipinski definition) is 4. The van der Waals surface area contributed by atoms with Crippen molar-refractivity contribution in [1.29, 1.82) is 0 Å². The van der Waals surface area contributed by atoms with E-state index in [2.05, 4.69) is 10.2 Å². The Kier molecular flexibility index (Phi) is 2.79. The maximum atomic E-state index is 5.36. The first-order valence-electron chi connectivity index (χ1n) is 5.85. The van der Waals surface area contributed by atoms with Gasteiger partial charge in [0.15, 0.2) is 11.5 Å². The summed E-state index contributed by atoms with van der Waals surface area (Å²) in [5, 5.41) is 8.38. The van der Waals surface area contributed by atoms with Gasteiger partial charge in [-0.15, -0.1) is 10.2 Å². The van der Waals surface area contributed by atoms with Gasteiger partial charge in [0.05, 0.1) is 19.8 Å². The number of methoxy groups -OCH3 is 2. The summed E-state index contributed by atoms with van der Waals surface area (Å²) in [6.07, 6.45) is 1.88. The lowest BCUT2D eigenvalue weighted by Crippen LogP contribution is -1.93. The Morgan fingerprint density at radius 3 is 2.63 bits per heavy atom. The quantitative estimate of drug-likeness (QED) is 0.721. The van der Waals surface area contributed by atoms with Gasteiger partial charge >= 0.3 is 0 Å². The van der Waals surface area contributed by atoms with Crippen molar-refractivity contribution in [3.05, 3.63) is 42.6 Å². The molecular formula is C14H13N3O2. The van der Waals surface area contributed by atoms with Gasteiger partial charge in [0.1, 0.15) is 11.5 Å². The lowest BCUT2D eigenvalue weighted by atomic mass is 10.2. The van der Waals surface area contributed by atoms with Crippen LogP contribution in [-0.4, -0.2) is 28.8 Å². The maximum Gasteiger partial charge on any atom is 0.172 e. The number of para-hydroxylation sites is 1. The van der Waals surface area contributed by atoms with Gasteiger partial charge in [-0.1, -0.05) is 12.1 Å². The fourth-order valence-corrected chi connectivity index (χ4v) is 2.01. The molecule has 19 heavy (non-hydrogen) atoms. The Bertz CT molecular complexity index is 722. The van der Waals surface area contributed by atoms with E-state index in [1.807, 2.05) is 47.0 Å².